The van der Waals surface area contributed by atoms with E-state index in [1.165, 1.54) is 0 Å². The Bertz CT molecular complexity index is 606. The van der Waals surface area contributed by atoms with E-state index in [-0.39, 0.29) is 5.75 Å². The number of benzene rings is 1. The fraction of sp³-hybridized carbons (Fsp3) is 0.385. The van der Waals surface area contributed by atoms with Gasteiger partial charge in [-0.15, -0.1) is 0 Å². The first-order valence-electron chi connectivity index (χ1n) is 6.05. The smallest absolute Gasteiger partial charge is 0.261 e. The number of ether oxygens (including phenoxy) is 1. The standard InChI is InChI=1S/C13H13BrN2O3/c1-13(5-2-6-18-13)12-15-11(19-16-12)9-7-8(14)3-4-10(9)17/h3-4,7,17H,2,5-6H2,1H3. The Morgan fingerprint density at radius 2 is 2.26 bits per heavy atom. The van der Waals surface area contributed by atoms with Crippen LogP contribution < -0.4 is 0 Å². The number of halogens is 1. The summed E-state index contributed by atoms with van der Waals surface area (Å²) in [4.78, 5) is 4.35. The first-order chi connectivity index (χ1) is 9.08. The van der Waals surface area contributed by atoms with Crippen molar-refractivity contribution in [2.75, 3.05) is 6.61 Å². The molecule has 100 valence electrons. The SMILES string of the molecule is CC1(c2noc(-c3cc(Br)ccc3O)n2)CCCO1. The third-order valence-corrected chi connectivity index (χ3v) is 3.80. The monoisotopic (exact) mass is 324 g/mol. The minimum atomic E-state index is -0.483. The maximum atomic E-state index is 9.85. The maximum Gasteiger partial charge on any atom is 0.261 e. The van der Waals surface area contributed by atoms with Crippen molar-refractivity contribution in [2.45, 2.75) is 25.4 Å². The first-order valence-corrected chi connectivity index (χ1v) is 6.85. The fourth-order valence-corrected chi connectivity index (χ4v) is 2.54. The summed E-state index contributed by atoms with van der Waals surface area (Å²) >= 11 is 3.35. The van der Waals surface area contributed by atoms with Gasteiger partial charge in [0.25, 0.3) is 5.89 Å². The Morgan fingerprint density at radius 3 is 3.00 bits per heavy atom. The molecule has 1 aliphatic rings. The van der Waals surface area contributed by atoms with Crippen LogP contribution in [0.1, 0.15) is 25.6 Å². The zero-order valence-electron chi connectivity index (χ0n) is 10.4. The van der Waals surface area contributed by atoms with Crippen molar-refractivity contribution in [1.29, 1.82) is 0 Å². The fourth-order valence-electron chi connectivity index (χ4n) is 2.18. The summed E-state index contributed by atoms with van der Waals surface area (Å²) in [6.07, 6.45) is 1.86. The van der Waals surface area contributed by atoms with Gasteiger partial charge in [0.2, 0.25) is 5.82 Å². The van der Waals surface area contributed by atoms with Crippen molar-refractivity contribution in [3.63, 3.8) is 0 Å². The van der Waals surface area contributed by atoms with Crippen molar-refractivity contribution < 1.29 is 14.4 Å². The van der Waals surface area contributed by atoms with E-state index >= 15 is 0 Å². The minimum absolute atomic E-state index is 0.107. The van der Waals surface area contributed by atoms with Gasteiger partial charge in [0.05, 0.1) is 5.56 Å². The molecule has 0 bridgehead atoms. The van der Waals surface area contributed by atoms with Crippen LogP contribution in [-0.4, -0.2) is 21.9 Å². The topological polar surface area (TPSA) is 68.4 Å². The van der Waals surface area contributed by atoms with Gasteiger partial charge in [0, 0.05) is 11.1 Å². The molecule has 1 saturated heterocycles. The molecule has 5 nitrogen and oxygen atoms in total. The van der Waals surface area contributed by atoms with Crippen LogP contribution in [0.5, 0.6) is 5.75 Å². The van der Waals surface area contributed by atoms with E-state index in [4.69, 9.17) is 9.26 Å². The Kier molecular flexibility index (Phi) is 3.06. The summed E-state index contributed by atoms with van der Waals surface area (Å²) in [6, 6.07) is 5.07. The number of aromatic nitrogens is 2. The van der Waals surface area contributed by atoms with Gasteiger partial charge in [-0.25, -0.2) is 0 Å². The number of rotatable bonds is 2. The Hall–Kier alpha value is -1.40. The molecule has 0 aliphatic carbocycles. The van der Waals surface area contributed by atoms with E-state index in [0.717, 1.165) is 17.3 Å². The molecule has 1 fully saturated rings. The third-order valence-electron chi connectivity index (χ3n) is 3.31. The van der Waals surface area contributed by atoms with Crippen LogP contribution in [0.2, 0.25) is 0 Å². The second kappa shape index (κ2) is 4.61. The molecule has 2 aromatic rings. The number of hydrogen-bond donors (Lipinski definition) is 1. The molecule has 1 aromatic heterocycles. The van der Waals surface area contributed by atoms with E-state index in [2.05, 4.69) is 26.1 Å². The highest BCUT2D eigenvalue weighted by molar-refractivity contribution is 9.10. The van der Waals surface area contributed by atoms with Crippen LogP contribution in [0.15, 0.2) is 27.2 Å². The molecular formula is C13H13BrN2O3. The second-order valence-corrected chi connectivity index (χ2v) is 5.68. The molecule has 19 heavy (non-hydrogen) atoms. The van der Waals surface area contributed by atoms with Gasteiger partial charge < -0.3 is 14.4 Å². The molecule has 0 saturated carbocycles. The summed E-state index contributed by atoms with van der Waals surface area (Å²) in [5.41, 5.74) is 0.0262. The lowest BCUT2D eigenvalue weighted by molar-refractivity contribution is 0.00768. The molecule has 0 amide bonds. The molecule has 1 N–H and O–H groups in total. The molecule has 0 spiro atoms. The lowest BCUT2D eigenvalue weighted by Gasteiger charge is -2.17. The van der Waals surface area contributed by atoms with E-state index in [1.807, 2.05) is 6.92 Å². The molecule has 3 rings (SSSR count). The van der Waals surface area contributed by atoms with E-state index in [1.54, 1.807) is 18.2 Å². The Labute approximate surface area is 118 Å². The van der Waals surface area contributed by atoms with Gasteiger partial charge in [0.1, 0.15) is 11.4 Å². The molecule has 1 unspecified atom stereocenters. The molecule has 2 heterocycles. The van der Waals surface area contributed by atoms with Gasteiger partial charge in [-0.2, -0.15) is 4.98 Å². The van der Waals surface area contributed by atoms with Crippen LogP contribution in [0.4, 0.5) is 0 Å². The average Bonchev–Trinajstić information content (AvgIpc) is 3.02. The Balaban J connectivity index is 1.99. The predicted molar refractivity (Wildman–Crippen MR) is 71.6 cm³/mol. The highest BCUT2D eigenvalue weighted by Gasteiger charge is 2.36. The third kappa shape index (κ3) is 2.26. The minimum Gasteiger partial charge on any atom is -0.507 e. The average molecular weight is 325 g/mol. The van der Waals surface area contributed by atoms with Crippen molar-refractivity contribution in [1.82, 2.24) is 10.1 Å². The highest BCUT2D eigenvalue weighted by atomic mass is 79.9. The van der Waals surface area contributed by atoms with Crippen LogP contribution in [-0.2, 0) is 10.3 Å². The summed E-state index contributed by atoms with van der Waals surface area (Å²) in [5, 5.41) is 13.8. The molecule has 1 aromatic carbocycles. The summed E-state index contributed by atoms with van der Waals surface area (Å²) in [7, 11) is 0. The highest BCUT2D eigenvalue weighted by Crippen LogP contribution is 2.36. The zero-order valence-corrected chi connectivity index (χ0v) is 12.0. The van der Waals surface area contributed by atoms with E-state index < -0.39 is 5.60 Å². The second-order valence-electron chi connectivity index (χ2n) is 4.77. The lowest BCUT2D eigenvalue weighted by Crippen LogP contribution is -2.21. The molecule has 6 heteroatoms. The van der Waals surface area contributed by atoms with Gasteiger partial charge in [-0.1, -0.05) is 21.1 Å². The van der Waals surface area contributed by atoms with Crippen LogP contribution in [0, 0.1) is 0 Å². The van der Waals surface area contributed by atoms with Crippen molar-refractivity contribution >= 4 is 15.9 Å². The van der Waals surface area contributed by atoms with E-state index in [9.17, 15) is 5.11 Å². The van der Waals surface area contributed by atoms with Crippen molar-refractivity contribution in [2.24, 2.45) is 0 Å². The normalized spacial score (nSPS) is 22.8. The summed E-state index contributed by atoms with van der Waals surface area (Å²) < 4.78 is 11.8. The number of phenolic OH excluding ortho intramolecular Hbond substituents is 1. The predicted octanol–water partition coefficient (Wildman–Crippen LogP) is 3.23. The number of hydrogen-bond acceptors (Lipinski definition) is 5. The molecule has 1 aliphatic heterocycles. The molecular weight excluding hydrogens is 312 g/mol. The number of aromatic hydroxyl groups is 1. The van der Waals surface area contributed by atoms with Gasteiger partial charge in [-0.05, 0) is 38.0 Å². The van der Waals surface area contributed by atoms with Gasteiger partial charge in [0.15, 0.2) is 0 Å². The Morgan fingerprint density at radius 1 is 1.42 bits per heavy atom. The van der Waals surface area contributed by atoms with Crippen molar-refractivity contribution in [3.8, 4) is 17.2 Å². The zero-order chi connectivity index (χ0) is 13.5. The number of nitrogens with zero attached hydrogens (tertiary/aromatic N) is 2. The lowest BCUT2D eigenvalue weighted by atomic mass is 10.0. The summed E-state index contributed by atoms with van der Waals surface area (Å²) in [6.45, 7) is 2.66. The van der Waals surface area contributed by atoms with Gasteiger partial charge >= 0.3 is 0 Å². The quantitative estimate of drug-likeness (QED) is 0.918. The van der Waals surface area contributed by atoms with Crippen LogP contribution in [0.25, 0.3) is 11.5 Å². The largest absolute Gasteiger partial charge is 0.507 e. The van der Waals surface area contributed by atoms with Crippen LogP contribution >= 0.6 is 15.9 Å². The van der Waals surface area contributed by atoms with E-state index in [0.29, 0.717) is 23.9 Å². The number of phenols is 1. The maximum absolute atomic E-state index is 9.85. The van der Waals surface area contributed by atoms with Crippen LogP contribution in [0.3, 0.4) is 0 Å². The summed E-state index contributed by atoms with van der Waals surface area (Å²) in [5.74, 6) is 0.931. The molecule has 0 radical (unpaired) electrons. The van der Waals surface area contributed by atoms with Gasteiger partial charge in [-0.3, -0.25) is 0 Å². The molecule has 1 atom stereocenters. The van der Waals surface area contributed by atoms with Crippen molar-refractivity contribution in [3.05, 3.63) is 28.5 Å². The first kappa shape index (κ1) is 12.6.